The number of benzene rings is 4. The lowest BCUT2D eigenvalue weighted by atomic mass is 9.85. The summed E-state index contributed by atoms with van der Waals surface area (Å²) in [5.41, 5.74) is 5.82. The van der Waals surface area contributed by atoms with Gasteiger partial charge in [-0.3, -0.25) is 0 Å². The zero-order valence-corrected chi connectivity index (χ0v) is 20.5. The second kappa shape index (κ2) is 10.6. The van der Waals surface area contributed by atoms with E-state index in [0.717, 1.165) is 29.5 Å². The predicted octanol–water partition coefficient (Wildman–Crippen LogP) is 7.31. The first-order chi connectivity index (χ1) is 18.0. The van der Waals surface area contributed by atoms with Crippen molar-refractivity contribution in [3.05, 3.63) is 113 Å². The molecule has 0 aliphatic carbocycles. The summed E-state index contributed by atoms with van der Waals surface area (Å²) in [6, 6.07) is 28.0. The van der Waals surface area contributed by atoms with Crippen molar-refractivity contribution in [1.82, 2.24) is 0 Å². The molecule has 1 atom stereocenters. The van der Waals surface area contributed by atoms with Crippen LogP contribution in [-0.2, 0) is 0 Å². The summed E-state index contributed by atoms with van der Waals surface area (Å²) in [6.07, 6.45) is 1.72. The number of aromatic carboxylic acids is 1. The summed E-state index contributed by atoms with van der Waals surface area (Å²) < 4.78 is 6.21. The highest BCUT2D eigenvalue weighted by Gasteiger charge is 2.26. The third-order valence-corrected chi connectivity index (χ3v) is 6.60. The van der Waals surface area contributed by atoms with Crippen molar-refractivity contribution in [2.24, 2.45) is 0 Å². The van der Waals surface area contributed by atoms with Crippen LogP contribution in [0.15, 0.2) is 91.0 Å². The fourth-order valence-electron chi connectivity index (χ4n) is 4.81. The second-order valence-electron chi connectivity index (χ2n) is 9.19. The maximum atomic E-state index is 13.0. The number of anilines is 2. The number of hydrogen-bond donors (Lipinski definition) is 3. The number of ether oxygens (including phenoxy) is 1. The van der Waals surface area contributed by atoms with Crippen molar-refractivity contribution < 1.29 is 19.4 Å². The molecule has 0 fully saturated rings. The van der Waals surface area contributed by atoms with E-state index in [2.05, 4.69) is 22.8 Å². The standard InChI is InChI=1S/C31H28N2O4/c1-20-13-15-23(16-14-20)32-31(36)33-28-19-22(25-10-5-6-11-26(25)30(34)35)18-27-24(12-7-17-37-29(27)28)21-8-3-2-4-9-21/h2-6,8-11,13-16,18-19,24H,7,12,17H2,1H3,(H,34,35)(H2,32,33,36). The molecule has 3 N–H and O–H groups in total. The topological polar surface area (TPSA) is 87.7 Å². The van der Waals surface area contributed by atoms with E-state index in [4.69, 9.17) is 4.74 Å². The van der Waals surface area contributed by atoms with Gasteiger partial charge in [-0.05, 0) is 66.8 Å². The lowest BCUT2D eigenvalue weighted by Crippen LogP contribution is -2.20. The first-order valence-corrected chi connectivity index (χ1v) is 12.3. The fraction of sp³-hybridized carbons (Fsp3) is 0.161. The molecule has 0 spiro atoms. The molecule has 1 aliphatic heterocycles. The molecule has 0 saturated heterocycles. The molecule has 5 rings (SSSR count). The number of carbonyl (C=O) groups excluding carboxylic acids is 1. The summed E-state index contributed by atoms with van der Waals surface area (Å²) in [5, 5.41) is 15.7. The highest BCUT2D eigenvalue weighted by atomic mass is 16.5. The molecule has 0 aromatic heterocycles. The van der Waals surface area contributed by atoms with E-state index in [1.54, 1.807) is 24.3 Å². The summed E-state index contributed by atoms with van der Waals surface area (Å²) in [5.74, 6) is -0.355. The van der Waals surface area contributed by atoms with Gasteiger partial charge < -0.3 is 20.5 Å². The lowest BCUT2D eigenvalue weighted by molar-refractivity contribution is 0.0697. The molecule has 37 heavy (non-hydrogen) atoms. The molecular weight excluding hydrogens is 464 g/mol. The van der Waals surface area contributed by atoms with Crippen molar-refractivity contribution in [2.45, 2.75) is 25.7 Å². The quantitative estimate of drug-likeness (QED) is 0.273. The van der Waals surface area contributed by atoms with Crippen LogP contribution < -0.4 is 15.4 Å². The Kier molecular flexibility index (Phi) is 6.90. The van der Waals surface area contributed by atoms with Gasteiger partial charge in [-0.2, -0.15) is 0 Å². The van der Waals surface area contributed by atoms with Crippen LogP contribution in [0.2, 0.25) is 0 Å². The minimum atomic E-state index is -1.01. The number of urea groups is 1. The smallest absolute Gasteiger partial charge is 0.336 e. The van der Waals surface area contributed by atoms with Gasteiger partial charge in [-0.15, -0.1) is 0 Å². The molecule has 6 heteroatoms. The van der Waals surface area contributed by atoms with Crippen LogP contribution in [0.3, 0.4) is 0 Å². The fourth-order valence-corrected chi connectivity index (χ4v) is 4.81. The number of carboxylic acid groups (broad SMARTS) is 1. The zero-order valence-electron chi connectivity index (χ0n) is 20.5. The van der Waals surface area contributed by atoms with Gasteiger partial charge in [-0.25, -0.2) is 9.59 Å². The maximum Gasteiger partial charge on any atom is 0.336 e. The number of aryl methyl sites for hydroxylation is 1. The highest BCUT2D eigenvalue weighted by molar-refractivity contribution is 6.02. The van der Waals surface area contributed by atoms with E-state index in [9.17, 15) is 14.7 Å². The Morgan fingerprint density at radius 1 is 0.892 bits per heavy atom. The summed E-state index contributed by atoms with van der Waals surface area (Å²) in [6.45, 7) is 2.51. The molecule has 4 aromatic carbocycles. The van der Waals surface area contributed by atoms with Gasteiger partial charge in [0.2, 0.25) is 0 Å². The summed E-state index contributed by atoms with van der Waals surface area (Å²) in [7, 11) is 0. The van der Waals surface area contributed by atoms with Gasteiger partial charge in [0.25, 0.3) is 0 Å². The average molecular weight is 493 g/mol. The van der Waals surface area contributed by atoms with Crippen molar-refractivity contribution >= 4 is 23.4 Å². The molecule has 1 heterocycles. The van der Waals surface area contributed by atoms with Crippen LogP contribution >= 0.6 is 0 Å². The SMILES string of the molecule is Cc1ccc(NC(=O)Nc2cc(-c3ccccc3C(=O)O)cc3c2OCCCC3c2ccccc2)cc1. The Balaban J connectivity index is 1.62. The molecule has 0 saturated carbocycles. The van der Waals surface area contributed by atoms with E-state index in [0.29, 0.717) is 34.9 Å². The molecule has 0 bridgehead atoms. The minimum absolute atomic E-state index is 0.0383. The van der Waals surface area contributed by atoms with Crippen molar-refractivity contribution in [3.63, 3.8) is 0 Å². The average Bonchev–Trinajstić information content (AvgIpc) is 3.13. The van der Waals surface area contributed by atoms with E-state index in [1.165, 1.54) is 0 Å². The van der Waals surface area contributed by atoms with Gasteiger partial charge in [0.15, 0.2) is 0 Å². The molecule has 4 aromatic rings. The molecule has 1 aliphatic rings. The first-order valence-electron chi connectivity index (χ1n) is 12.3. The summed E-state index contributed by atoms with van der Waals surface area (Å²) in [4.78, 5) is 25.1. The Labute approximate surface area is 215 Å². The van der Waals surface area contributed by atoms with Gasteiger partial charge in [0.05, 0.1) is 17.9 Å². The Morgan fingerprint density at radius 3 is 2.38 bits per heavy atom. The maximum absolute atomic E-state index is 13.0. The minimum Gasteiger partial charge on any atom is -0.491 e. The molecule has 0 radical (unpaired) electrons. The number of carboxylic acids is 1. The van der Waals surface area contributed by atoms with Crippen LogP contribution in [0.5, 0.6) is 5.75 Å². The first kappa shape index (κ1) is 24.1. The monoisotopic (exact) mass is 492 g/mol. The number of amides is 2. The van der Waals surface area contributed by atoms with E-state index < -0.39 is 12.0 Å². The zero-order chi connectivity index (χ0) is 25.8. The number of hydrogen-bond acceptors (Lipinski definition) is 3. The van der Waals surface area contributed by atoms with Crippen molar-refractivity contribution in [3.8, 4) is 16.9 Å². The molecule has 2 amide bonds. The predicted molar refractivity (Wildman–Crippen MR) is 146 cm³/mol. The number of nitrogens with one attached hydrogen (secondary N) is 2. The normalized spacial score (nSPS) is 14.6. The Bertz CT molecular complexity index is 1430. The van der Waals surface area contributed by atoms with Gasteiger partial charge in [-0.1, -0.05) is 66.2 Å². The molecule has 1 unspecified atom stereocenters. The van der Waals surface area contributed by atoms with Gasteiger partial charge in [0, 0.05) is 17.2 Å². The van der Waals surface area contributed by atoms with Crippen LogP contribution in [0, 0.1) is 6.92 Å². The van der Waals surface area contributed by atoms with Crippen LogP contribution in [0.25, 0.3) is 11.1 Å². The van der Waals surface area contributed by atoms with Crippen LogP contribution in [0.4, 0.5) is 16.2 Å². The Morgan fingerprint density at radius 2 is 1.62 bits per heavy atom. The number of fused-ring (bicyclic) bond motifs is 1. The second-order valence-corrected chi connectivity index (χ2v) is 9.19. The van der Waals surface area contributed by atoms with Crippen molar-refractivity contribution in [2.75, 3.05) is 17.2 Å². The van der Waals surface area contributed by atoms with E-state index in [-0.39, 0.29) is 11.5 Å². The lowest BCUT2D eigenvalue weighted by Gasteiger charge is -2.22. The van der Waals surface area contributed by atoms with Crippen molar-refractivity contribution in [1.29, 1.82) is 0 Å². The van der Waals surface area contributed by atoms with E-state index in [1.807, 2.05) is 61.5 Å². The summed E-state index contributed by atoms with van der Waals surface area (Å²) >= 11 is 0. The molecule has 6 nitrogen and oxygen atoms in total. The third kappa shape index (κ3) is 5.33. The Hall–Kier alpha value is -4.58. The largest absolute Gasteiger partial charge is 0.491 e. The van der Waals surface area contributed by atoms with Gasteiger partial charge >= 0.3 is 12.0 Å². The molecular formula is C31H28N2O4. The number of rotatable bonds is 5. The third-order valence-electron chi connectivity index (χ3n) is 6.60. The van der Waals surface area contributed by atoms with Crippen LogP contribution in [-0.4, -0.2) is 23.7 Å². The highest BCUT2D eigenvalue weighted by Crippen LogP contribution is 2.45. The molecule has 186 valence electrons. The van der Waals surface area contributed by atoms with E-state index >= 15 is 0 Å². The number of carbonyl (C=O) groups is 2. The van der Waals surface area contributed by atoms with Gasteiger partial charge in [0.1, 0.15) is 5.75 Å². The van der Waals surface area contributed by atoms with Crippen LogP contribution in [0.1, 0.15) is 45.8 Å².